The van der Waals surface area contributed by atoms with Crippen LogP contribution in [0.4, 0.5) is 4.53 Å². The summed E-state index contributed by atoms with van der Waals surface area (Å²) in [5.41, 5.74) is 0.724. The van der Waals surface area contributed by atoms with Gasteiger partial charge in [-0.1, -0.05) is 0 Å². The van der Waals surface area contributed by atoms with Crippen molar-refractivity contribution in [2.24, 2.45) is 0 Å². The first-order valence-electron chi connectivity index (χ1n) is 3.85. The summed E-state index contributed by atoms with van der Waals surface area (Å²) in [6.07, 6.45) is 1.36. The van der Waals surface area contributed by atoms with Gasteiger partial charge in [0.1, 0.15) is 0 Å². The van der Waals surface area contributed by atoms with Crippen LogP contribution in [-0.4, -0.2) is 16.1 Å². The van der Waals surface area contributed by atoms with Crippen LogP contribution >= 0.6 is 0 Å². The van der Waals surface area contributed by atoms with Gasteiger partial charge in [-0.15, -0.1) is 0 Å². The van der Waals surface area contributed by atoms with Crippen LogP contribution in [0.5, 0.6) is 5.75 Å². The number of benzene rings is 1. The highest BCUT2D eigenvalue weighted by Crippen LogP contribution is 2.23. The molecule has 0 saturated heterocycles. The van der Waals surface area contributed by atoms with E-state index in [2.05, 4.69) is 9.93 Å². The van der Waals surface area contributed by atoms with E-state index in [1.54, 1.807) is 6.07 Å². The number of halogens is 1. The molecule has 1 aromatic carbocycles. The molecule has 0 aliphatic heterocycles. The molecule has 0 spiro atoms. The summed E-state index contributed by atoms with van der Waals surface area (Å²) in [6.45, 7) is 0. The molecule has 0 saturated carbocycles. The van der Waals surface area contributed by atoms with Crippen molar-refractivity contribution in [1.29, 1.82) is 0 Å². The van der Waals surface area contributed by atoms with Crippen LogP contribution in [0.25, 0.3) is 10.9 Å². The van der Waals surface area contributed by atoms with E-state index in [0.29, 0.717) is 10.9 Å². The Morgan fingerprint density at radius 1 is 1.50 bits per heavy atom. The third-order valence-corrected chi connectivity index (χ3v) is 1.97. The van der Waals surface area contributed by atoms with Crippen molar-refractivity contribution in [2.75, 3.05) is 0 Å². The summed E-state index contributed by atoms with van der Waals surface area (Å²) < 4.78 is 11.8. The lowest BCUT2D eigenvalue weighted by Crippen LogP contribution is -1.93. The van der Waals surface area contributed by atoms with E-state index in [9.17, 15) is 9.32 Å². The van der Waals surface area contributed by atoms with Crippen LogP contribution in [-0.2, 0) is 0 Å². The lowest BCUT2D eigenvalue weighted by molar-refractivity contribution is -0.00603. The van der Waals surface area contributed by atoms with Crippen molar-refractivity contribution in [2.45, 2.75) is 0 Å². The third kappa shape index (κ3) is 1.19. The molecule has 5 heteroatoms. The van der Waals surface area contributed by atoms with E-state index < -0.39 is 5.97 Å². The molecule has 0 unspecified atom stereocenters. The number of carboxylic acids is 1. The van der Waals surface area contributed by atoms with Gasteiger partial charge in [-0.05, 0) is 18.2 Å². The maximum absolute atomic E-state index is 11.8. The van der Waals surface area contributed by atoms with E-state index in [4.69, 9.17) is 5.11 Å². The molecule has 2 aromatic rings. The van der Waals surface area contributed by atoms with Crippen LogP contribution in [0.1, 0.15) is 10.4 Å². The van der Waals surface area contributed by atoms with Gasteiger partial charge in [0.2, 0.25) is 0 Å². The number of H-pyrrole nitrogens is 1. The van der Waals surface area contributed by atoms with E-state index in [-0.39, 0.29) is 11.3 Å². The van der Waals surface area contributed by atoms with E-state index >= 15 is 0 Å². The Morgan fingerprint density at radius 3 is 2.93 bits per heavy atom. The number of hydrogen-bond donors (Lipinski definition) is 2. The predicted octanol–water partition coefficient (Wildman–Crippen LogP) is 2.13. The molecule has 0 atom stereocenters. The first-order valence-corrected chi connectivity index (χ1v) is 3.85. The normalized spacial score (nSPS) is 10.4. The zero-order valence-corrected chi connectivity index (χ0v) is 6.95. The molecular weight excluding hydrogens is 189 g/mol. The van der Waals surface area contributed by atoms with Crippen LogP contribution in [0.15, 0.2) is 24.4 Å². The fourth-order valence-electron chi connectivity index (χ4n) is 1.32. The molecule has 2 N–H and O–H groups in total. The van der Waals surface area contributed by atoms with Crippen molar-refractivity contribution in [3.63, 3.8) is 0 Å². The zero-order valence-electron chi connectivity index (χ0n) is 6.95. The van der Waals surface area contributed by atoms with Gasteiger partial charge in [-0.25, -0.2) is 4.79 Å². The van der Waals surface area contributed by atoms with Gasteiger partial charge < -0.3 is 10.1 Å². The van der Waals surface area contributed by atoms with Crippen LogP contribution in [0, 0.1) is 0 Å². The largest absolute Gasteiger partial charge is 0.478 e. The maximum Gasteiger partial charge on any atom is 0.337 e. The van der Waals surface area contributed by atoms with E-state index in [0.717, 1.165) is 0 Å². The highest BCUT2D eigenvalue weighted by atomic mass is 19.3. The van der Waals surface area contributed by atoms with E-state index in [1.807, 2.05) is 0 Å². The summed E-state index contributed by atoms with van der Waals surface area (Å²) in [6, 6.07) is 4.29. The second-order valence-corrected chi connectivity index (χ2v) is 2.79. The summed E-state index contributed by atoms with van der Waals surface area (Å²) in [4.78, 5) is 17.0. The number of rotatable bonds is 2. The maximum atomic E-state index is 11.8. The Balaban J connectivity index is 2.69. The Kier molecular flexibility index (Phi) is 1.85. The number of aromatic nitrogens is 1. The van der Waals surface area contributed by atoms with Crippen LogP contribution < -0.4 is 4.94 Å². The van der Waals surface area contributed by atoms with Crippen molar-refractivity contribution in [3.8, 4) is 5.75 Å². The molecule has 2 rings (SSSR count). The van der Waals surface area contributed by atoms with Crippen molar-refractivity contribution < 1.29 is 19.4 Å². The van der Waals surface area contributed by atoms with Gasteiger partial charge in [0.15, 0.2) is 5.75 Å². The fraction of sp³-hybridized carbons (Fsp3) is 0. The second kappa shape index (κ2) is 3.02. The number of carboxylic acid groups (broad SMARTS) is 1. The summed E-state index contributed by atoms with van der Waals surface area (Å²) >= 11 is 0. The molecule has 0 bridgehead atoms. The highest BCUT2D eigenvalue weighted by Gasteiger charge is 2.11. The fourth-order valence-corrected chi connectivity index (χ4v) is 1.32. The molecule has 0 amide bonds. The number of nitrogens with one attached hydrogen (secondary N) is 1. The highest BCUT2D eigenvalue weighted by molar-refractivity contribution is 6.03. The summed E-state index contributed by atoms with van der Waals surface area (Å²) in [7, 11) is 0. The van der Waals surface area contributed by atoms with Gasteiger partial charge >= 0.3 is 5.97 Å². The number of aromatic amines is 1. The first kappa shape index (κ1) is 8.55. The van der Waals surface area contributed by atoms with Gasteiger partial charge in [-0.3, -0.25) is 4.94 Å². The Bertz CT molecular complexity index is 492. The number of fused-ring (bicyclic) bond motifs is 1. The minimum atomic E-state index is -1.06. The van der Waals surface area contributed by atoms with E-state index in [1.165, 1.54) is 18.3 Å². The molecule has 0 fully saturated rings. The standard InChI is InChI=1S/C9H6FNO3/c10-14-5-1-2-8-6(3-5)7(4-11-8)9(12)13/h1-4,11H,(H,12,13). The summed E-state index contributed by atoms with van der Waals surface area (Å²) in [5, 5.41) is 9.20. The molecule has 0 aliphatic carbocycles. The molecule has 4 nitrogen and oxygen atoms in total. The van der Waals surface area contributed by atoms with Crippen LogP contribution in [0.3, 0.4) is 0 Å². The van der Waals surface area contributed by atoms with Gasteiger partial charge in [0, 0.05) is 21.6 Å². The Labute approximate surface area is 77.8 Å². The molecular formula is C9H6FNO3. The molecule has 0 radical (unpaired) electrons. The topological polar surface area (TPSA) is 62.3 Å². The number of hydrogen-bond acceptors (Lipinski definition) is 2. The molecule has 1 aromatic heterocycles. The van der Waals surface area contributed by atoms with Gasteiger partial charge in [0.05, 0.1) is 5.56 Å². The monoisotopic (exact) mass is 195 g/mol. The first-order chi connectivity index (χ1) is 6.72. The number of aromatic carboxylic acids is 1. The molecule has 1 heterocycles. The minimum Gasteiger partial charge on any atom is -0.478 e. The molecule has 72 valence electrons. The average Bonchev–Trinajstić information content (AvgIpc) is 2.59. The lowest BCUT2D eigenvalue weighted by Gasteiger charge is -1.95. The van der Waals surface area contributed by atoms with Crippen LogP contribution in [0.2, 0.25) is 0 Å². The second-order valence-electron chi connectivity index (χ2n) is 2.79. The SMILES string of the molecule is O=C(O)c1c[nH]c2ccc(OF)cc12. The minimum absolute atomic E-state index is 0.0143. The summed E-state index contributed by atoms with van der Waals surface area (Å²) in [5.74, 6) is -1.08. The Hall–Kier alpha value is -2.04. The third-order valence-electron chi connectivity index (χ3n) is 1.97. The average molecular weight is 195 g/mol. The van der Waals surface area contributed by atoms with Gasteiger partial charge in [-0.2, -0.15) is 0 Å². The lowest BCUT2D eigenvalue weighted by atomic mass is 10.2. The van der Waals surface area contributed by atoms with Crippen molar-refractivity contribution >= 4 is 16.9 Å². The predicted molar refractivity (Wildman–Crippen MR) is 47.0 cm³/mol. The van der Waals surface area contributed by atoms with Crippen molar-refractivity contribution in [3.05, 3.63) is 30.0 Å². The van der Waals surface area contributed by atoms with Gasteiger partial charge in [0.25, 0.3) is 0 Å². The number of carbonyl (C=O) groups is 1. The zero-order chi connectivity index (χ0) is 10.1. The molecule has 0 aliphatic rings. The smallest absolute Gasteiger partial charge is 0.337 e. The van der Waals surface area contributed by atoms with Crippen molar-refractivity contribution in [1.82, 2.24) is 4.98 Å². The molecule has 14 heavy (non-hydrogen) atoms. The Morgan fingerprint density at radius 2 is 2.29 bits per heavy atom. The quantitative estimate of drug-likeness (QED) is 0.771.